The van der Waals surface area contributed by atoms with Crippen molar-refractivity contribution >= 4 is 18.9 Å². The van der Waals surface area contributed by atoms with Crippen molar-refractivity contribution in [3.8, 4) is 11.6 Å². The number of tetrazole rings is 1. The molecule has 0 aliphatic heterocycles. The summed E-state index contributed by atoms with van der Waals surface area (Å²) in [6.45, 7) is 3.97. The van der Waals surface area contributed by atoms with Gasteiger partial charge in [0, 0.05) is 17.8 Å². The van der Waals surface area contributed by atoms with Gasteiger partial charge in [0.25, 0.3) is 0 Å². The van der Waals surface area contributed by atoms with Crippen LogP contribution in [0.3, 0.4) is 0 Å². The Hall–Kier alpha value is -2.81. The van der Waals surface area contributed by atoms with Crippen LogP contribution >= 0.6 is 12.8 Å². The van der Waals surface area contributed by atoms with Crippen molar-refractivity contribution in [3.63, 3.8) is 0 Å². The zero-order chi connectivity index (χ0) is 15.5. The second-order valence-electron chi connectivity index (χ2n) is 4.33. The molecule has 112 valence electrons. The van der Waals surface area contributed by atoms with Crippen molar-refractivity contribution in [2.75, 3.05) is 0 Å². The van der Waals surface area contributed by atoms with Gasteiger partial charge in [0.1, 0.15) is 6.61 Å². The van der Waals surface area contributed by atoms with Gasteiger partial charge >= 0.3 is 5.69 Å². The monoisotopic (exact) mass is 316 g/mol. The lowest BCUT2D eigenvalue weighted by Crippen LogP contribution is -2.18. The summed E-state index contributed by atoms with van der Waals surface area (Å²) in [5.74, 6) is 0.423. The molecule has 0 radical (unpaired) electrons. The van der Waals surface area contributed by atoms with Gasteiger partial charge in [-0.15, -0.1) is 5.10 Å². The quantitative estimate of drug-likeness (QED) is 0.687. The molecule has 3 rings (SSSR count). The molecule has 1 aromatic carbocycles. The van der Waals surface area contributed by atoms with Crippen LogP contribution in [-0.4, -0.2) is 29.4 Å². The van der Waals surface area contributed by atoms with E-state index in [0.29, 0.717) is 11.6 Å². The largest absolute Gasteiger partial charge is 0.472 e. The summed E-state index contributed by atoms with van der Waals surface area (Å²) in [4.78, 5) is 11.7. The fraction of sp³-hybridized carbons (Fsp3) is 0.0769. The maximum atomic E-state index is 11.7. The normalized spacial score (nSPS) is 10.6. The van der Waals surface area contributed by atoms with Gasteiger partial charge in [-0.05, 0) is 34.9 Å². The molecule has 0 amide bonds. The molecule has 0 aliphatic carbocycles. The van der Waals surface area contributed by atoms with E-state index in [1.165, 1.54) is 8.77 Å². The third-order valence-electron chi connectivity index (χ3n) is 3.02. The van der Waals surface area contributed by atoms with E-state index in [1.54, 1.807) is 30.5 Å². The van der Waals surface area contributed by atoms with Gasteiger partial charge < -0.3 is 4.74 Å². The average Bonchev–Trinajstić information content (AvgIpc) is 3.13. The van der Waals surface area contributed by atoms with Crippen LogP contribution in [0.1, 0.15) is 11.1 Å². The third-order valence-corrected chi connectivity index (χ3v) is 3.25. The lowest BCUT2D eigenvalue weighted by atomic mass is 10.1. The Kier molecular flexibility index (Phi) is 3.79. The van der Waals surface area contributed by atoms with E-state index in [9.17, 15) is 4.79 Å². The van der Waals surface area contributed by atoms with E-state index in [0.717, 1.165) is 11.1 Å². The highest BCUT2D eigenvalue weighted by Gasteiger charge is 2.13. The van der Waals surface area contributed by atoms with Crippen molar-refractivity contribution in [1.82, 2.24) is 29.4 Å². The smallest absolute Gasteiger partial charge is 0.365 e. The summed E-state index contributed by atoms with van der Waals surface area (Å²) in [6, 6.07) is 7.12. The summed E-state index contributed by atoms with van der Waals surface area (Å²) < 4.78 is 8.15. The van der Waals surface area contributed by atoms with Crippen LogP contribution in [0.5, 0.6) is 5.88 Å². The first-order valence-corrected chi connectivity index (χ1v) is 6.72. The highest BCUT2D eigenvalue weighted by atomic mass is 32.1. The molecule has 0 saturated heterocycles. The van der Waals surface area contributed by atoms with Crippen LogP contribution in [0.4, 0.5) is 0 Å². The molecule has 8 nitrogen and oxygen atoms in total. The first-order valence-electron chi connectivity index (χ1n) is 6.32. The lowest BCUT2D eigenvalue weighted by molar-refractivity contribution is 0.292. The third kappa shape index (κ3) is 2.66. The minimum Gasteiger partial charge on any atom is -0.472 e. The Balaban J connectivity index is 1.99. The number of hydrogen-bond donors (Lipinski definition) is 2. The summed E-state index contributed by atoms with van der Waals surface area (Å²) in [6.07, 6.45) is 3.34. The molecular weight excluding hydrogens is 304 g/mol. The van der Waals surface area contributed by atoms with E-state index < -0.39 is 5.69 Å². The lowest BCUT2D eigenvalue weighted by Gasteiger charge is -2.11. The molecule has 0 saturated carbocycles. The fourth-order valence-corrected chi connectivity index (χ4v) is 2.17. The Labute approximate surface area is 130 Å². The van der Waals surface area contributed by atoms with E-state index in [4.69, 9.17) is 4.74 Å². The molecule has 22 heavy (non-hydrogen) atoms. The van der Waals surface area contributed by atoms with Gasteiger partial charge in [-0.1, -0.05) is 24.8 Å². The highest BCUT2D eigenvalue weighted by Crippen LogP contribution is 2.20. The van der Waals surface area contributed by atoms with Crippen LogP contribution in [0.25, 0.3) is 11.8 Å². The van der Waals surface area contributed by atoms with Crippen LogP contribution in [0.2, 0.25) is 0 Å². The molecule has 3 aromatic rings. The van der Waals surface area contributed by atoms with Gasteiger partial charge in [-0.2, -0.15) is 4.68 Å². The topological polar surface area (TPSA) is 90.6 Å². The number of rotatable bonds is 5. The molecule has 2 aromatic heterocycles. The predicted octanol–water partition coefficient (Wildman–Crippen LogP) is 1.07. The Morgan fingerprint density at radius 3 is 2.91 bits per heavy atom. The number of H-pyrrole nitrogens is 1. The number of ether oxygens (including phenoxy) is 1. The Morgan fingerprint density at radius 1 is 1.41 bits per heavy atom. The second-order valence-corrected chi connectivity index (χ2v) is 4.74. The molecule has 9 heteroatoms. The standard InChI is InChI=1S/C13H12N6O2S/c1-2-9-4-3-5-11(19-13(20)14-16-17-19)10(9)8-21-12-6-7-18(22)15-12/h2-7,22H,1,8H2,(H,14,17,20). The maximum absolute atomic E-state index is 11.7. The SMILES string of the molecule is C=Cc1cccc(-n2nn[nH]c2=O)c1COc1ccn(S)n1. The number of aromatic nitrogens is 6. The number of hydrogen-bond acceptors (Lipinski definition) is 6. The number of nitrogens with one attached hydrogen (secondary N) is 1. The molecular formula is C13H12N6O2S. The van der Waals surface area contributed by atoms with Gasteiger partial charge in [0.05, 0.1) is 5.69 Å². The van der Waals surface area contributed by atoms with E-state index in [1.807, 2.05) is 6.07 Å². The van der Waals surface area contributed by atoms with Gasteiger partial charge in [-0.25, -0.2) is 14.0 Å². The van der Waals surface area contributed by atoms with E-state index in [2.05, 4.69) is 40.0 Å². The number of benzene rings is 1. The van der Waals surface area contributed by atoms with Gasteiger partial charge in [-0.3, -0.25) is 0 Å². The fourth-order valence-electron chi connectivity index (χ4n) is 2.02. The van der Waals surface area contributed by atoms with Crippen LogP contribution in [-0.2, 0) is 6.61 Å². The molecule has 0 bridgehead atoms. The first kappa shape index (κ1) is 14.1. The Bertz CT molecular complexity index is 865. The van der Waals surface area contributed by atoms with Crippen molar-refractivity contribution in [1.29, 1.82) is 0 Å². The minimum absolute atomic E-state index is 0.196. The Morgan fingerprint density at radius 2 is 2.27 bits per heavy atom. The minimum atomic E-state index is -0.429. The van der Waals surface area contributed by atoms with Crippen LogP contribution in [0, 0.1) is 0 Å². The molecule has 2 heterocycles. The van der Waals surface area contributed by atoms with E-state index in [-0.39, 0.29) is 6.61 Å². The zero-order valence-electron chi connectivity index (χ0n) is 11.4. The van der Waals surface area contributed by atoms with Crippen molar-refractivity contribution in [2.45, 2.75) is 6.61 Å². The summed E-state index contributed by atoms with van der Waals surface area (Å²) in [5.41, 5.74) is 1.73. The maximum Gasteiger partial charge on any atom is 0.365 e. The summed E-state index contributed by atoms with van der Waals surface area (Å²) in [5, 5.41) is 13.5. The predicted molar refractivity (Wildman–Crippen MR) is 83.0 cm³/mol. The molecule has 0 fully saturated rings. The molecule has 0 aliphatic rings. The van der Waals surface area contributed by atoms with Crippen molar-refractivity contribution < 1.29 is 4.74 Å². The van der Waals surface area contributed by atoms with Crippen LogP contribution in [0.15, 0.2) is 41.8 Å². The van der Waals surface area contributed by atoms with E-state index >= 15 is 0 Å². The van der Waals surface area contributed by atoms with Gasteiger partial charge in [0.15, 0.2) is 0 Å². The summed E-state index contributed by atoms with van der Waals surface area (Å²) in [7, 11) is 0. The highest BCUT2D eigenvalue weighted by molar-refractivity contribution is 7.78. The second kappa shape index (κ2) is 5.90. The van der Waals surface area contributed by atoms with Crippen molar-refractivity contribution in [2.24, 2.45) is 0 Å². The summed E-state index contributed by atoms with van der Waals surface area (Å²) >= 11 is 4.05. The molecule has 0 spiro atoms. The van der Waals surface area contributed by atoms with Gasteiger partial charge in [0.2, 0.25) is 5.88 Å². The average molecular weight is 316 g/mol. The number of aromatic amines is 1. The zero-order valence-corrected chi connectivity index (χ0v) is 12.3. The molecule has 0 unspecified atom stereocenters. The molecule has 1 N–H and O–H groups in total. The van der Waals surface area contributed by atoms with Crippen LogP contribution < -0.4 is 10.4 Å². The van der Waals surface area contributed by atoms with Crippen molar-refractivity contribution in [3.05, 3.63) is 58.7 Å². The number of thiol groups is 1. The first-order chi connectivity index (χ1) is 10.7. The number of nitrogens with zero attached hydrogens (tertiary/aromatic N) is 5. The molecule has 0 atom stereocenters.